The molecule has 7 nitrogen and oxygen atoms in total. The topological polar surface area (TPSA) is 98.2 Å². The lowest BCUT2D eigenvalue weighted by atomic mass is 9.78. The monoisotopic (exact) mass is 408 g/mol. The van der Waals surface area contributed by atoms with Crippen molar-refractivity contribution < 1.29 is 24.6 Å². The van der Waals surface area contributed by atoms with E-state index in [0.717, 1.165) is 13.1 Å². The first kappa shape index (κ1) is 21.9. The molecule has 1 aliphatic rings. The largest absolute Gasteiger partial charge is 0.478 e. The van der Waals surface area contributed by atoms with Gasteiger partial charge in [-0.1, -0.05) is 17.7 Å². The number of carbonyl (C=O) groups excluding carboxylic acids is 1. The molecule has 152 valence electrons. The first-order valence-electron chi connectivity index (χ1n) is 9.17. The molecule has 1 unspecified atom stereocenters. The highest BCUT2D eigenvalue weighted by Gasteiger charge is 2.39. The summed E-state index contributed by atoms with van der Waals surface area (Å²) in [5.74, 6) is -4.48. The minimum Gasteiger partial charge on any atom is -0.478 e. The number of amides is 1. The zero-order valence-corrected chi connectivity index (χ0v) is 16.7. The van der Waals surface area contributed by atoms with E-state index in [2.05, 4.69) is 4.90 Å². The van der Waals surface area contributed by atoms with Crippen LogP contribution in [0.5, 0.6) is 0 Å². The number of aliphatic carboxylic acids is 2. The van der Waals surface area contributed by atoms with Gasteiger partial charge in [0.25, 0.3) is 0 Å². The van der Waals surface area contributed by atoms with Gasteiger partial charge in [-0.15, -0.1) is 0 Å². The molecule has 0 bridgehead atoms. The molecule has 0 spiro atoms. The molecule has 0 aliphatic carbocycles. The van der Waals surface area contributed by atoms with Crippen LogP contribution in [0, 0.1) is 11.8 Å². The van der Waals surface area contributed by atoms with Crippen LogP contribution in [0.4, 0.5) is 5.69 Å². The third-order valence-electron chi connectivity index (χ3n) is 5.06. The van der Waals surface area contributed by atoms with Crippen molar-refractivity contribution in [3.63, 3.8) is 0 Å². The number of hydrogen-bond donors (Lipinski definition) is 2. The number of halogens is 1. The van der Waals surface area contributed by atoms with Crippen LogP contribution in [-0.4, -0.2) is 59.6 Å². The van der Waals surface area contributed by atoms with E-state index in [-0.39, 0.29) is 11.5 Å². The van der Waals surface area contributed by atoms with Crippen LogP contribution in [0.25, 0.3) is 0 Å². The zero-order chi connectivity index (χ0) is 20.8. The summed E-state index contributed by atoms with van der Waals surface area (Å²) < 4.78 is 0. The average Bonchev–Trinajstić information content (AvgIpc) is 2.63. The maximum Gasteiger partial charge on any atom is 0.332 e. The van der Waals surface area contributed by atoms with Crippen LogP contribution >= 0.6 is 11.6 Å². The number of likely N-dealkylation sites (tertiary alicyclic amines) is 1. The van der Waals surface area contributed by atoms with Crippen molar-refractivity contribution in [1.29, 1.82) is 0 Å². The Bertz CT molecular complexity index is 772. The molecule has 2 N–H and O–H groups in total. The van der Waals surface area contributed by atoms with Crippen LogP contribution in [0.3, 0.4) is 0 Å². The number of nitrogens with zero attached hydrogens (tertiary/aromatic N) is 2. The summed E-state index contributed by atoms with van der Waals surface area (Å²) in [6.07, 6.45) is 1.88. The molecule has 1 aromatic carbocycles. The number of benzene rings is 1. The molecule has 1 amide bonds. The third-order valence-corrected chi connectivity index (χ3v) is 5.30. The van der Waals surface area contributed by atoms with E-state index in [1.807, 2.05) is 7.05 Å². The summed E-state index contributed by atoms with van der Waals surface area (Å²) in [4.78, 5) is 40.1. The van der Waals surface area contributed by atoms with E-state index in [1.54, 1.807) is 31.2 Å². The molecule has 28 heavy (non-hydrogen) atoms. The summed E-state index contributed by atoms with van der Waals surface area (Å²) in [6.45, 7) is 3.53. The quantitative estimate of drug-likeness (QED) is 0.673. The van der Waals surface area contributed by atoms with Gasteiger partial charge in [-0.2, -0.15) is 0 Å². The number of carboxylic acids is 2. The Morgan fingerprint density at radius 1 is 1.29 bits per heavy atom. The van der Waals surface area contributed by atoms with Gasteiger partial charge in [-0.3, -0.25) is 4.79 Å². The fourth-order valence-corrected chi connectivity index (χ4v) is 3.83. The van der Waals surface area contributed by atoms with Gasteiger partial charge in [0.05, 0.1) is 11.5 Å². The van der Waals surface area contributed by atoms with Crippen molar-refractivity contribution >= 4 is 35.1 Å². The Hall–Kier alpha value is -2.38. The maximum atomic E-state index is 13.5. The number of carboxylic acid groups (broad SMARTS) is 2. The summed E-state index contributed by atoms with van der Waals surface area (Å²) in [5.41, 5.74) is 0.172. The van der Waals surface area contributed by atoms with Gasteiger partial charge in [-0.05, 0) is 64.0 Å². The predicted molar refractivity (Wildman–Crippen MR) is 107 cm³/mol. The van der Waals surface area contributed by atoms with E-state index in [1.165, 1.54) is 4.90 Å². The fraction of sp³-hybridized carbons (Fsp3) is 0.450. The second-order valence-corrected chi connectivity index (χ2v) is 7.36. The number of piperidine rings is 1. The Morgan fingerprint density at radius 3 is 2.43 bits per heavy atom. The molecule has 1 saturated heterocycles. The average molecular weight is 409 g/mol. The van der Waals surface area contributed by atoms with Crippen molar-refractivity contribution in [2.45, 2.75) is 19.8 Å². The summed E-state index contributed by atoms with van der Waals surface area (Å²) in [6, 6.07) is 6.75. The Labute approximate surface area is 169 Å². The van der Waals surface area contributed by atoms with Crippen LogP contribution in [0.1, 0.15) is 19.8 Å². The van der Waals surface area contributed by atoms with Crippen molar-refractivity contribution in [3.05, 3.63) is 40.9 Å². The normalized spacial score (nSPS) is 17.2. The second-order valence-electron chi connectivity index (χ2n) is 6.92. The lowest BCUT2D eigenvalue weighted by Crippen LogP contribution is -2.44. The lowest BCUT2D eigenvalue weighted by Gasteiger charge is -2.36. The van der Waals surface area contributed by atoms with Crippen molar-refractivity contribution in [2.24, 2.45) is 11.8 Å². The molecule has 2 rings (SSSR count). The smallest absolute Gasteiger partial charge is 0.332 e. The molecule has 1 aromatic rings. The third kappa shape index (κ3) is 5.33. The fourth-order valence-electron chi connectivity index (χ4n) is 3.65. The minimum absolute atomic E-state index is 0.251. The molecule has 1 heterocycles. The van der Waals surface area contributed by atoms with E-state index in [0.29, 0.717) is 36.2 Å². The Kier molecular flexibility index (Phi) is 7.60. The highest BCUT2D eigenvalue weighted by molar-refractivity contribution is 6.31. The van der Waals surface area contributed by atoms with Gasteiger partial charge in [0, 0.05) is 23.3 Å². The van der Waals surface area contributed by atoms with Gasteiger partial charge >= 0.3 is 11.9 Å². The molecular weight excluding hydrogens is 384 g/mol. The van der Waals surface area contributed by atoms with Crippen LogP contribution in [-0.2, 0) is 14.4 Å². The predicted octanol–water partition coefficient (Wildman–Crippen LogP) is 2.75. The van der Waals surface area contributed by atoms with E-state index >= 15 is 0 Å². The van der Waals surface area contributed by atoms with E-state index in [9.17, 15) is 19.5 Å². The number of hydrogen-bond acceptors (Lipinski definition) is 4. The molecule has 1 atom stereocenters. The Balaban J connectivity index is 2.48. The summed E-state index contributed by atoms with van der Waals surface area (Å²) in [5, 5.41) is 19.3. The first-order valence-corrected chi connectivity index (χ1v) is 9.55. The summed E-state index contributed by atoms with van der Waals surface area (Å²) >= 11 is 6.05. The molecule has 8 heteroatoms. The second kappa shape index (κ2) is 9.71. The van der Waals surface area contributed by atoms with Gasteiger partial charge in [-0.25, -0.2) is 9.59 Å². The van der Waals surface area contributed by atoms with E-state index in [4.69, 9.17) is 16.7 Å². The number of rotatable bonds is 7. The lowest BCUT2D eigenvalue weighted by molar-refractivity contribution is -0.137. The SMILES string of the molecule is CCN(C(=O)C(/C(=C\C(=O)O)C(=O)O)C1CCN(C)CC1)c1cccc(Cl)c1. The molecule has 0 radical (unpaired) electrons. The van der Waals surface area contributed by atoms with Gasteiger partial charge < -0.3 is 20.0 Å². The zero-order valence-electron chi connectivity index (χ0n) is 16.0. The highest BCUT2D eigenvalue weighted by atomic mass is 35.5. The summed E-state index contributed by atoms with van der Waals surface area (Å²) in [7, 11) is 1.96. The van der Waals surface area contributed by atoms with Gasteiger partial charge in [0.15, 0.2) is 0 Å². The number of anilines is 1. The van der Waals surface area contributed by atoms with Crippen LogP contribution < -0.4 is 4.90 Å². The van der Waals surface area contributed by atoms with Crippen molar-refractivity contribution in [1.82, 2.24) is 4.90 Å². The number of carbonyl (C=O) groups is 3. The molecule has 0 saturated carbocycles. The maximum absolute atomic E-state index is 13.5. The standard InChI is InChI=1S/C20H25ClN2O5/c1-3-23(15-6-4-5-14(21)11-15)19(26)18(13-7-9-22(2)10-8-13)16(20(27)28)12-17(24)25/h4-6,11-13,18H,3,7-10H2,1-2H3,(H,24,25)(H,27,28)/b16-12+. The van der Waals surface area contributed by atoms with Gasteiger partial charge in [0.2, 0.25) is 5.91 Å². The van der Waals surface area contributed by atoms with E-state index < -0.39 is 23.8 Å². The molecule has 0 aromatic heterocycles. The van der Waals surface area contributed by atoms with Crippen molar-refractivity contribution in [3.8, 4) is 0 Å². The highest BCUT2D eigenvalue weighted by Crippen LogP contribution is 2.33. The van der Waals surface area contributed by atoms with Crippen molar-refractivity contribution in [2.75, 3.05) is 31.6 Å². The molecule has 1 aliphatic heterocycles. The Morgan fingerprint density at radius 2 is 1.93 bits per heavy atom. The van der Waals surface area contributed by atoms with Gasteiger partial charge in [0.1, 0.15) is 0 Å². The van der Waals surface area contributed by atoms with Crippen LogP contribution in [0.15, 0.2) is 35.9 Å². The minimum atomic E-state index is -1.39. The molecular formula is C20H25ClN2O5. The molecule has 1 fully saturated rings. The first-order chi connectivity index (χ1) is 13.2. The van der Waals surface area contributed by atoms with Crippen LogP contribution in [0.2, 0.25) is 5.02 Å².